The molecule has 1 aromatic carbocycles. The lowest BCUT2D eigenvalue weighted by molar-refractivity contribution is -0.119. The van der Waals surface area contributed by atoms with Crippen LogP contribution < -0.4 is 16.6 Å². The van der Waals surface area contributed by atoms with Gasteiger partial charge in [0.1, 0.15) is 6.04 Å². The Hall–Kier alpha value is -2.39. The number of hydrogen-bond acceptors (Lipinski definition) is 6. The van der Waals surface area contributed by atoms with Crippen molar-refractivity contribution in [3.05, 3.63) is 56.2 Å². The second kappa shape index (κ2) is 7.88. The van der Waals surface area contributed by atoms with Crippen LogP contribution in [0.15, 0.2) is 40.1 Å². The van der Waals surface area contributed by atoms with E-state index in [1.54, 1.807) is 42.2 Å². The Bertz CT molecular complexity index is 1050. The van der Waals surface area contributed by atoms with Crippen molar-refractivity contribution in [3.63, 3.8) is 0 Å². The van der Waals surface area contributed by atoms with Gasteiger partial charge in [0.25, 0.3) is 5.56 Å². The Morgan fingerprint density at radius 1 is 1.38 bits per heavy atom. The topological polar surface area (TPSA) is 96.8 Å². The van der Waals surface area contributed by atoms with Crippen LogP contribution in [0.25, 0.3) is 10.9 Å². The predicted octanol–water partition coefficient (Wildman–Crippen LogP) is 2.39. The average Bonchev–Trinajstić information content (AvgIpc) is 3.02. The van der Waals surface area contributed by atoms with Crippen molar-refractivity contribution in [2.24, 2.45) is 0 Å². The number of hydrogen-bond donors (Lipinski definition) is 2. The number of nitrogens with one attached hydrogen (secondary N) is 2. The maximum Gasteiger partial charge on any atom is 0.329 e. The van der Waals surface area contributed by atoms with E-state index in [9.17, 15) is 14.4 Å². The van der Waals surface area contributed by atoms with Gasteiger partial charge in [-0.25, -0.2) is 14.3 Å². The summed E-state index contributed by atoms with van der Waals surface area (Å²) < 4.78 is 1.01. The van der Waals surface area contributed by atoms with Crippen LogP contribution in [0.4, 0.5) is 5.13 Å². The highest BCUT2D eigenvalue weighted by molar-refractivity contribution is 7.98. The third-order valence-corrected chi connectivity index (χ3v) is 5.37. The normalized spacial score (nSPS) is 12.2. The molecule has 1 unspecified atom stereocenters. The highest BCUT2D eigenvalue weighted by atomic mass is 32.2. The van der Waals surface area contributed by atoms with Crippen molar-refractivity contribution >= 4 is 45.0 Å². The van der Waals surface area contributed by atoms with Crippen molar-refractivity contribution in [1.82, 2.24) is 14.5 Å². The first-order valence-corrected chi connectivity index (χ1v) is 10.2. The summed E-state index contributed by atoms with van der Waals surface area (Å²) in [6.07, 6.45) is 3.93. The molecule has 0 bridgehead atoms. The molecule has 3 aromatic rings. The van der Waals surface area contributed by atoms with Crippen LogP contribution in [0.2, 0.25) is 0 Å². The van der Waals surface area contributed by atoms with Crippen molar-refractivity contribution in [3.8, 4) is 0 Å². The summed E-state index contributed by atoms with van der Waals surface area (Å²) in [7, 11) is 0. The number of rotatable bonds is 6. The highest BCUT2D eigenvalue weighted by Crippen LogP contribution is 2.20. The molecule has 0 aliphatic carbocycles. The second-order valence-corrected chi connectivity index (χ2v) is 7.93. The molecule has 7 nitrogen and oxygen atoms in total. The first kappa shape index (κ1) is 18.4. The van der Waals surface area contributed by atoms with Gasteiger partial charge in [-0.3, -0.25) is 9.59 Å². The summed E-state index contributed by atoms with van der Waals surface area (Å²) in [4.78, 5) is 45.9. The second-order valence-electron chi connectivity index (χ2n) is 5.71. The quantitative estimate of drug-likeness (QED) is 0.674. The number of aromatic amines is 1. The fraction of sp³-hybridized carbons (Fsp3) is 0.294. The van der Waals surface area contributed by atoms with E-state index in [-0.39, 0.29) is 0 Å². The van der Waals surface area contributed by atoms with Crippen LogP contribution in [0.5, 0.6) is 0 Å². The average molecular weight is 390 g/mol. The van der Waals surface area contributed by atoms with Gasteiger partial charge in [-0.05, 0) is 37.5 Å². The van der Waals surface area contributed by atoms with Crippen molar-refractivity contribution < 1.29 is 4.79 Å². The summed E-state index contributed by atoms with van der Waals surface area (Å²) >= 11 is 2.89. The fourth-order valence-corrected chi connectivity index (χ4v) is 3.79. The summed E-state index contributed by atoms with van der Waals surface area (Å²) in [6.45, 7) is 1.89. The van der Waals surface area contributed by atoms with Gasteiger partial charge in [0.2, 0.25) is 5.91 Å². The van der Waals surface area contributed by atoms with Gasteiger partial charge in [0.15, 0.2) is 5.13 Å². The standard InChI is InChI=1S/C17H18N4O3S2/c1-10-9-18-16(26-10)20-14(22)13(7-8-25-2)21-15(23)11-5-3-4-6-12(11)19-17(21)24/h3-6,9,13H,7-8H2,1-2H3,(H,19,24)(H,18,20,22). The van der Waals surface area contributed by atoms with Gasteiger partial charge in [-0.2, -0.15) is 11.8 Å². The number of carbonyl (C=O) groups excluding carboxylic acids is 1. The number of thioether (sulfide) groups is 1. The third kappa shape index (κ3) is 3.73. The van der Waals surface area contributed by atoms with E-state index >= 15 is 0 Å². The Kier molecular flexibility index (Phi) is 5.58. The smallest absolute Gasteiger partial charge is 0.307 e. The minimum Gasteiger partial charge on any atom is -0.307 e. The molecule has 0 saturated carbocycles. The zero-order chi connectivity index (χ0) is 18.7. The predicted molar refractivity (Wildman–Crippen MR) is 106 cm³/mol. The number of aryl methyl sites for hydroxylation is 1. The first-order valence-electron chi connectivity index (χ1n) is 7.97. The highest BCUT2D eigenvalue weighted by Gasteiger charge is 2.25. The SMILES string of the molecule is CSCCC(C(=O)Nc1ncc(C)s1)n1c(=O)[nH]c2ccccc2c1=O. The molecule has 2 aromatic heterocycles. The lowest BCUT2D eigenvalue weighted by Gasteiger charge is -2.18. The molecule has 2 heterocycles. The molecule has 1 atom stereocenters. The van der Waals surface area contributed by atoms with Gasteiger partial charge in [0.05, 0.1) is 10.9 Å². The number of H-pyrrole nitrogens is 1. The molecule has 0 aliphatic rings. The van der Waals surface area contributed by atoms with E-state index in [0.717, 1.165) is 9.44 Å². The molecule has 0 fully saturated rings. The van der Waals surface area contributed by atoms with Crippen LogP contribution in [0.3, 0.4) is 0 Å². The number of amides is 1. The van der Waals surface area contributed by atoms with Gasteiger partial charge in [-0.1, -0.05) is 12.1 Å². The maximum atomic E-state index is 12.9. The molecule has 26 heavy (non-hydrogen) atoms. The molecular formula is C17H18N4O3S2. The van der Waals surface area contributed by atoms with Crippen LogP contribution in [0, 0.1) is 6.92 Å². The summed E-state index contributed by atoms with van der Waals surface area (Å²) in [5.74, 6) is 0.213. The molecule has 0 aliphatic heterocycles. The number of fused-ring (bicyclic) bond motifs is 1. The summed E-state index contributed by atoms with van der Waals surface area (Å²) in [6, 6.07) is 5.86. The zero-order valence-electron chi connectivity index (χ0n) is 14.3. The van der Waals surface area contributed by atoms with Crippen LogP contribution >= 0.6 is 23.1 Å². The molecule has 2 N–H and O–H groups in total. The third-order valence-electron chi connectivity index (χ3n) is 3.90. The van der Waals surface area contributed by atoms with Crippen molar-refractivity contribution in [2.45, 2.75) is 19.4 Å². The van der Waals surface area contributed by atoms with E-state index < -0.39 is 23.2 Å². The van der Waals surface area contributed by atoms with Crippen molar-refractivity contribution in [2.75, 3.05) is 17.3 Å². The number of benzene rings is 1. The van der Waals surface area contributed by atoms with E-state index in [1.165, 1.54) is 11.3 Å². The number of thiazole rings is 1. The molecule has 0 radical (unpaired) electrons. The van der Waals surface area contributed by atoms with Crippen LogP contribution in [-0.2, 0) is 4.79 Å². The Morgan fingerprint density at radius 3 is 2.85 bits per heavy atom. The molecule has 136 valence electrons. The van der Waals surface area contributed by atoms with E-state index in [2.05, 4.69) is 15.3 Å². The van der Waals surface area contributed by atoms with Gasteiger partial charge in [0, 0.05) is 11.1 Å². The van der Waals surface area contributed by atoms with E-state index in [4.69, 9.17) is 0 Å². The minimum atomic E-state index is -0.910. The molecule has 0 spiro atoms. The molecule has 9 heteroatoms. The minimum absolute atomic E-state index is 0.360. The lowest BCUT2D eigenvalue weighted by Crippen LogP contribution is -2.42. The summed E-state index contributed by atoms with van der Waals surface area (Å²) in [5, 5.41) is 3.54. The molecule has 1 amide bonds. The van der Waals surface area contributed by atoms with E-state index in [1.807, 2.05) is 13.2 Å². The fourth-order valence-electron chi connectivity index (χ4n) is 2.67. The monoisotopic (exact) mass is 390 g/mol. The molecular weight excluding hydrogens is 372 g/mol. The molecule has 3 rings (SSSR count). The number of carbonyl (C=O) groups is 1. The first-order chi connectivity index (χ1) is 12.5. The number of aromatic nitrogens is 3. The van der Waals surface area contributed by atoms with Gasteiger partial charge in [-0.15, -0.1) is 11.3 Å². The van der Waals surface area contributed by atoms with Crippen LogP contribution in [0.1, 0.15) is 17.3 Å². The Balaban J connectivity index is 2.05. The van der Waals surface area contributed by atoms with Crippen molar-refractivity contribution in [1.29, 1.82) is 0 Å². The lowest BCUT2D eigenvalue weighted by atomic mass is 10.2. The summed E-state index contributed by atoms with van der Waals surface area (Å²) in [5.41, 5.74) is -0.607. The molecule has 0 saturated heterocycles. The number of nitrogens with zero attached hydrogens (tertiary/aromatic N) is 2. The van der Waals surface area contributed by atoms with E-state index in [0.29, 0.717) is 28.2 Å². The Morgan fingerprint density at radius 2 is 2.15 bits per heavy atom. The number of anilines is 1. The maximum absolute atomic E-state index is 12.9. The zero-order valence-corrected chi connectivity index (χ0v) is 15.9. The van der Waals surface area contributed by atoms with Gasteiger partial charge < -0.3 is 10.3 Å². The van der Waals surface area contributed by atoms with Crippen LogP contribution in [-0.4, -0.2) is 32.5 Å². The Labute approximate surface area is 157 Å². The van der Waals surface area contributed by atoms with Gasteiger partial charge >= 0.3 is 5.69 Å². The number of para-hydroxylation sites is 1. The largest absolute Gasteiger partial charge is 0.329 e.